The number of nitrogens with zero attached hydrogens (tertiary/aromatic N) is 2. The van der Waals surface area contributed by atoms with Crippen LogP contribution in [0.1, 0.15) is 28.4 Å². The molecule has 0 aliphatic heterocycles. The van der Waals surface area contributed by atoms with Crippen LogP contribution in [0, 0.1) is 12.7 Å². The molecule has 0 saturated carbocycles. The molecule has 0 atom stereocenters. The Morgan fingerprint density at radius 2 is 1.68 bits per heavy atom. The van der Waals surface area contributed by atoms with E-state index >= 15 is 4.39 Å². The summed E-state index contributed by atoms with van der Waals surface area (Å²) >= 11 is 0. The lowest BCUT2D eigenvalue weighted by Crippen LogP contribution is -1.98. The zero-order valence-electron chi connectivity index (χ0n) is 21.0. The Labute approximate surface area is 216 Å². The smallest absolute Gasteiger partial charge is 0.151 e. The summed E-state index contributed by atoms with van der Waals surface area (Å²) in [6.07, 6.45) is 9.88. The molecule has 0 saturated heterocycles. The molecule has 2 aromatic carbocycles. The van der Waals surface area contributed by atoms with E-state index in [1.54, 1.807) is 42.7 Å². The molecule has 4 aromatic rings. The lowest BCUT2D eigenvalue weighted by Gasteiger charge is -2.15. The quantitative estimate of drug-likeness (QED) is 0.191. The number of nitrogens with one attached hydrogen (secondary N) is 1. The SMILES string of the molecule is C=CC(C=C)=CNc1cc(-c2cccc(-c3cccc(-c4cc(CC)c(C=O)cn4)c3F)c2C)ccn1. The number of halogens is 1. The number of anilines is 1. The highest BCUT2D eigenvalue weighted by molar-refractivity contribution is 5.82. The van der Waals surface area contributed by atoms with Crippen molar-refractivity contribution in [1.82, 2.24) is 9.97 Å². The van der Waals surface area contributed by atoms with Gasteiger partial charge in [0.1, 0.15) is 11.6 Å². The predicted octanol–water partition coefficient (Wildman–Crippen LogP) is 7.97. The van der Waals surface area contributed by atoms with E-state index < -0.39 is 0 Å². The standard InChI is InChI=1S/C32H28FN3O/c1-5-22(6-2)18-36-31-17-24(14-15-34-31)26-10-8-11-27(21(26)4)28-12-9-13-29(32(28)33)30-16-23(7-3)25(20-37)19-35-30/h5-6,8-20H,1-2,7H2,3-4H3,(H,34,36). The molecular weight excluding hydrogens is 461 g/mol. The van der Waals surface area contributed by atoms with Gasteiger partial charge in [-0.05, 0) is 71.0 Å². The summed E-state index contributed by atoms with van der Waals surface area (Å²) in [6, 6.07) is 16.9. The summed E-state index contributed by atoms with van der Waals surface area (Å²) < 4.78 is 15.9. The molecule has 0 spiro atoms. The summed E-state index contributed by atoms with van der Waals surface area (Å²) in [4.78, 5) is 20.1. The summed E-state index contributed by atoms with van der Waals surface area (Å²) in [7, 11) is 0. The maximum absolute atomic E-state index is 15.9. The number of benzene rings is 2. The third-order valence-corrected chi connectivity index (χ3v) is 6.36. The van der Waals surface area contributed by atoms with E-state index in [9.17, 15) is 4.79 Å². The fourth-order valence-corrected chi connectivity index (χ4v) is 4.28. The van der Waals surface area contributed by atoms with Gasteiger partial charge in [-0.2, -0.15) is 0 Å². The molecule has 0 amide bonds. The van der Waals surface area contributed by atoms with E-state index in [0.717, 1.165) is 39.7 Å². The van der Waals surface area contributed by atoms with Crippen molar-refractivity contribution in [2.75, 3.05) is 5.32 Å². The van der Waals surface area contributed by atoms with Gasteiger partial charge in [-0.25, -0.2) is 9.37 Å². The number of hydrogen-bond donors (Lipinski definition) is 1. The van der Waals surface area contributed by atoms with Gasteiger partial charge in [0, 0.05) is 35.3 Å². The number of allylic oxidation sites excluding steroid dienone is 3. The largest absolute Gasteiger partial charge is 0.346 e. The topological polar surface area (TPSA) is 54.9 Å². The van der Waals surface area contributed by atoms with Crippen molar-refractivity contribution in [1.29, 1.82) is 0 Å². The van der Waals surface area contributed by atoms with E-state index in [-0.39, 0.29) is 5.82 Å². The van der Waals surface area contributed by atoms with E-state index in [2.05, 4.69) is 28.4 Å². The molecule has 0 aliphatic carbocycles. The number of aldehydes is 1. The number of hydrogen-bond acceptors (Lipinski definition) is 4. The fraction of sp³-hybridized carbons (Fsp3) is 0.0938. The Morgan fingerprint density at radius 3 is 2.38 bits per heavy atom. The highest BCUT2D eigenvalue weighted by Crippen LogP contribution is 2.36. The molecule has 37 heavy (non-hydrogen) atoms. The van der Waals surface area contributed by atoms with Crippen molar-refractivity contribution in [3.05, 3.63) is 127 Å². The Balaban J connectivity index is 1.75. The number of pyridine rings is 2. The average molecular weight is 490 g/mol. The second-order valence-corrected chi connectivity index (χ2v) is 8.51. The molecule has 184 valence electrons. The maximum Gasteiger partial charge on any atom is 0.151 e. The third kappa shape index (κ3) is 5.31. The molecule has 5 heteroatoms. The summed E-state index contributed by atoms with van der Waals surface area (Å²) in [5.41, 5.74) is 7.29. The van der Waals surface area contributed by atoms with Crippen LogP contribution in [-0.2, 0) is 6.42 Å². The van der Waals surface area contributed by atoms with Gasteiger partial charge in [0.25, 0.3) is 0 Å². The molecule has 0 fully saturated rings. The average Bonchev–Trinajstić information content (AvgIpc) is 2.94. The minimum absolute atomic E-state index is 0.347. The number of aromatic nitrogens is 2. The summed E-state index contributed by atoms with van der Waals surface area (Å²) in [5.74, 6) is 0.327. The van der Waals surface area contributed by atoms with Crippen molar-refractivity contribution >= 4 is 12.1 Å². The van der Waals surface area contributed by atoms with Gasteiger partial charge >= 0.3 is 0 Å². The Kier molecular flexibility index (Phi) is 7.84. The molecule has 2 heterocycles. The first-order valence-corrected chi connectivity index (χ1v) is 12.0. The van der Waals surface area contributed by atoms with Crippen LogP contribution in [0.4, 0.5) is 10.2 Å². The molecule has 0 aliphatic rings. The van der Waals surface area contributed by atoms with Gasteiger partial charge in [-0.15, -0.1) is 0 Å². The minimum atomic E-state index is -0.347. The van der Waals surface area contributed by atoms with E-state index in [0.29, 0.717) is 34.6 Å². The van der Waals surface area contributed by atoms with Gasteiger partial charge in [-0.3, -0.25) is 9.78 Å². The number of rotatable bonds is 9. The van der Waals surface area contributed by atoms with Crippen LogP contribution in [0.5, 0.6) is 0 Å². The van der Waals surface area contributed by atoms with Crippen molar-refractivity contribution < 1.29 is 9.18 Å². The van der Waals surface area contributed by atoms with Crippen LogP contribution in [-0.4, -0.2) is 16.3 Å². The van der Waals surface area contributed by atoms with Crippen LogP contribution >= 0.6 is 0 Å². The lowest BCUT2D eigenvalue weighted by atomic mass is 9.91. The van der Waals surface area contributed by atoms with Crippen molar-refractivity contribution in [3.8, 4) is 33.5 Å². The van der Waals surface area contributed by atoms with E-state index in [1.807, 2.05) is 50.2 Å². The van der Waals surface area contributed by atoms with Crippen LogP contribution in [0.3, 0.4) is 0 Å². The first-order chi connectivity index (χ1) is 18.0. The number of carbonyl (C=O) groups excluding carboxylic acids is 1. The zero-order chi connectivity index (χ0) is 26.4. The highest BCUT2D eigenvalue weighted by Gasteiger charge is 2.17. The first kappa shape index (κ1) is 25.5. The van der Waals surface area contributed by atoms with Crippen LogP contribution in [0.15, 0.2) is 104 Å². The van der Waals surface area contributed by atoms with Gasteiger partial charge in [0.15, 0.2) is 6.29 Å². The van der Waals surface area contributed by atoms with Crippen LogP contribution < -0.4 is 5.32 Å². The Bertz CT molecular complexity index is 1510. The second kappa shape index (κ2) is 11.4. The Morgan fingerprint density at radius 1 is 0.973 bits per heavy atom. The summed E-state index contributed by atoms with van der Waals surface area (Å²) in [5, 5.41) is 3.17. The highest BCUT2D eigenvalue weighted by atomic mass is 19.1. The monoisotopic (exact) mass is 489 g/mol. The van der Waals surface area contributed by atoms with Gasteiger partial charge in [0.2, 0.25) is 0 Å². The van der Waals surface area contributed by atoms with Crippen molar-refractivity contribution in [2.24, 2.45) is 0 Å². The molecule has 1 N–H and O–H groups in total. The maximum atomic E-state index is 15.9. The van der Waals surface area contributed by atoms with Crippen molar-refractivity contribution in [3.63, 3.8) is 0 Å². The van der Waals surface area contributed by atoms with Gasteiger partial charge in [0.05, 0.1) is 5.69 Å². The Hall–Kier alpha value is -4.64. The molecule has 2 aromatic heterocycles. The second-order valence-electron chi connectivity index (χ2n) is 8.51. The number of carbonyl (C=O) groups is 1. The van der Waals surface area contributed by atoms with Crippen LogP contribution in [0.25, 0.3) is 33.5 Å². The molecule has 0 unspecified atom stereocenters. The molecular formula is C32H28FN3O. The van der Waals surface area contributed by atoms with Gasteiger partial charge in [-0.1, -0.05) is 62.6 Å². The minimum Gasteiger partial charge on any atom is -0.346 e. The first-order valence-electron chi connectivity index (χ1n) is 12.0. The number of aryl methyl sites for hydroxylation is 1. The molecule has 0 radical (unpaired) electrons. The van der Waals surface area contributed by atoms with E-state index in [4.69, 9.17) is 0 Å². The molecule has 4 rings (SSSR count). The molecule has 4 nitrogen and oxygen atoms in total. The van der Waals surface area contributed by atoms with Crippen LogP contribution in [0.2, 0.25) is 0 Å². The van der Waals surface area contributed by atoms with Gasteiger partial charge < -0.3 is 5.32 Å². The fourth-order valence-electron chi connectivity index (χ4n) is 4.28. The predicted molar refractivity (Wildman–Crippen MR) is 150 cm³/mol. The van der Waals surface area contributed by atoms with Crippen molar-refractivity contribution in [2.45, 2.75) is 20.3 Å². The normalized spacial score (nSPS) is 10.5. The zero-order valence-corrected chi connectivity index (χ0v) is 21.0. The van der Waals surface area contributed by atoms with E-state index in [1.165, 1.54) is 6.20 Å². The summed E-state index contributed by atoms with van der Waals surface area (Å²) in [6.45, 7) is 11.5. The third-order valence-electron chi connectivity index (χ3n) is 6.36. The lowest BCUT2D eigenvalue weighted by molar-refractivity contribution is 0.112. The molecule has 0 bridgehead atoms.